The van der Waals surface area contributed by atoms with E-state index in [2.05, 4.69) is 6.07 Å². The second kappa shape index (κ2) is 7.82. The fraction of sp³-hybridized carbons (Fsp3) is 0.381. The van der Waals surface area contributed by atoms with Gasteiger partial charge in [0, 0.05) is 30.9 Å². The Morgan fingerprint density at radius 3 is 2.26 bits per heavy atom. The highest BCUT2D eigenvalue weighted by molar-refractivity contribution is 7.89. The molecule has 0 unspecified atom stereocenters. The Labute approximate surface area is 161 Å². The van der Waals surface area contributed by atoms with Gasteiger partial charge in [0.1, 0.15) is 0 Å². The third kappa shape index (κ3) is 4.06. The molecule has 1 amide bonds. The molecule has 0 N–H and O–H groups in total. The van der Waals surface area contributed by atoms with E-state index >= 15 is 0 Å². The van der Waals surface area contributed by atoms with Crippen molar-refractivity contribution in [1.29, 1.82) is 0 Å². The zero-order valence-electron chi connectivity index (χ0n) is 16.1. The molecule has 2 aromatic carbocycles. The lowest BCUT2D eigenvalue weighted by atomic mass is 10.1. The van der Waals surface area contributed by atoms with Gasteiger partial charge in [0.25, 0.3) is 5.91 Å². The second-order valence-corrected chi connectivity index (χ2v) is 8.97. The van der Waals surface area contributed by atoms with Crippen LogP contribution in [-0.4, -0.2) is 38.3 Å². The van der Waals surface area contributed by atoms with Crippen molar-refractivity contribution in [3.8, 4) is 0 Å². The molecule has 1 fully saturated rings. The van der Waals surface area contributed by atoms with Gasteiger partial charge in [-0.1, -0.05) is 12.1 Å². The van der Waals surface area contributed by atoms with Crippen LogP contribution in [-0.2, 0) is 10.0 Å². The minimum atomic E-state index is -3.54. The highest BCUT2D eigenvalue weighted by Gasteiger charge is 2.28. The molecular formula is C21H26N2O3S. The topological polar surface area (TPSA) is 57.7 Å². The lowest BCUT2D eigenvalue weighted by molar-refractivity contribution is 0.0988. The Bertz CT molecular complexity index is 927. The zero-order valence-corrected chi connectivity index (χ0v) is 16.9. The molecule has 0 saturated carbocycles. The number of carbonyl (C=O) groups excluding carboxylic acids is 1. The predicted octanol–water partition coefficient (Wildman–Crippen LogP) is 3.75. The van der Waals surface area contributed by atoms with Crippen molar-refractivity contribution < 1.29 is 13.2 Å². The maximum atomic E-state index is 13.1. The number of amides is 1. The molecule has 2 aromatic rings. The fourth-order valence-corrected chi connectivity index (χ4v) is 5.14. The van der Waals surface area contributed by atoms with Gasteiger partial charge in [0.15, 0.2) is 0 Å². The van der Waals surface area contributed by atoms with Crippen molar-refractivity contribution in [2.24, 2.45) is 0 Å². The van der Waals surface area contributed by atoms with E-state index < -0.39 is 10.0 Å². The Kier molecular flexibility index (Phi) is 5.67. The smallest absolute Gasteiger partial charge is 0.258 e. The third-order valence-corrected chi connectivity index (χ3v) is 6.76. The Morgan fingerprint density at radius 2 is 1.67 bits per heavy atom. The summed E-state index contributed by atoms with van der Waals surface area (Å²) in [4.78, 5) is 15.0. The average Bonchev–Trinajstić information content (AvgIpc) is 3.17. The largest absolute Gasteiger partial charge is 0.309 e. The fourth-order valence-electron chi connectivity index (χ4n) is 3.57. The third-order valence-electron chi connectivity index (χ3n) is 4.86. The van der Waals surface area contributed by atoms with Crippen molar-refractivity contribution in [2.75, 3.05) is 24.5 Å². The molecule has 3 rings (SSSR count). The van der Waals surface area contributed by atoms with Crippen LogP contribution in [0.3, 0.4) is 0 Å². The summed E-state index contributed by atoms with van der Waals surface area (Å²) >= 11 is 0. The highest BCUT2D eigenvalue weighted by Crippen LogP contribution is 2.24. The number of sulfonamides is 1. The molecule has 6 heteroatoms. The van der Waals surface area contributed by atoms with Crippen LogP contribution in [0, 0.1) is 13.8 Å². The van der Waals surface area contributed by atoms with E-state index in [0.717, 1.165) is 29.7 Å². The Hall–Kier alpha value is -2.18. The van der Waals surface area contributed by atoms with Crippen molar-refractivity contribution in [3.63, 3.8) is 0 Å². The molecule has 0 spiro atoms. The van der Waals surface area contributed by atoms with Gasteiger partial charge in [-0.2, -0.15) is 4.31 Å². The Balaban J connectivity index is 1.94. The van der Waals surface area contributed by atoms with E-state index in [9.17, 15) is 13.2 Å². The van der Waals surface area contributed by atoms with E-state index in [1.54, 1.807) is 23.1 Å². The van der Waals surface area contributed by atoms with E-state index in [1.165, 1.54) is 10.4 Å². The summed E-state index contributed by atoms with van der Waals surface area (Å²) in [6.07, 6.45) is 1.77. The molecule has 27 heavy (non-hydrogen) atoms. The maximum Gasteiger partial charge on any atom is 0.258 e. The summed E-state index contributed by atoms with van der Waals surface area (Å²) in [5, 5.41) is 0. The first-order chi connectivity index (χ1) is 12.8. The highest BCUT2D eigenvalue weighted by atomic mass is 32.2. The van der Waals surface area contributed by atoms with E-state index in [-0.39, 0.29) is 10.8 Å². The minimum absolute atomic E-state index is 0.187. The van der Waals surface area contributed by atoms with Crippen molar-refractivity contribution in [3.05, 3.63) is 59.2 Å². The summed E-state index contributed by atoms with van der Waals surface area (Å²) < 4.78 is 27.1. The number of hydrogen-bond acceptors (Lipinski definition) is 3. The van der Waals surface area contributed by atoms with Gasteiger partial charge in [0.2, 0.25) is 10.0 Å². The monoisotopic (exact) mass is 386 g/mol. The van der Waals surface area contributed by atoms with Crippen molar-refractivity contribution in [1.82, 2.24) is 4.31 Å². The van der Waals surface area contributed by atoms with Gasteiger partial charge in [-0.15, -0.1) is 0 Å². The van der Waals surface area contributed by atoms with Crippen molar-refractivity contribution in [2.45, 2.75) is 38.5 Å². The van der Waals surface area contributed by atoms with Crippen LogP contribution in [0.15, 0.2) is 47.4 Å². The first kappa shape index (κ1) is 19.6. The molecule has 1 aliphatic rings. The van der Waals surface area contributed by atoms with Crippen LogP contribution in [0.5, 0.6) is 0 Å². The quantitative estimate of drug-likeness (QED) is 0.786. The summed E-state index contributed by atoms with van der Waals surface area (Å²) in [5.74, 6) is -0.194. The van der Waals surface area contributed by atoms with Gasteiger partial charge in [0.05, 0.1) is 4.90 Å². The molecule has 0 aliphatic carbocycles. The number of aryl methyl sites for hydroxylation is 2. The van der Waals surface area contributed by atoms with Gasteiger partial charge < -0.3 is 4.90 Å². The Morgan fingerprint density at radius 1 is 1.04 bits per heavy atom. The number of anilines is 1. The molecule has 144 valence electrons. The van der Waals surface area contributed by atoms with E-state index in [1.807, 2.05) is 32.9 Å². The second-order valence-electron chi connectivity index (χ2n) is 7.03. The lowest BCUT2D eigenvalue weighted by Gasteiger charge is -2.23. The normalized spacial score (nSPS) is 15.1. The van der Waals surface area contributed by atoms with Gasteiger partial charge in [-0.05, 0) is 75.1 Å². The molecular weight excluding hydrogens is 360 g/mol. The standard InChI is InChI=1S/C21H26N2O3S/c1-4-23(19-13-16(2)12-17(3)14-19)21(24)18-8-7-9-20(15-18)27(25,26)22-10-5-6-11-22/h7-9,12-15H,4-6,10-11H2,1-3H3. The molecule has 0 bridgehead atoms. The van der Waals surface area contributed by atoms with Crippen LogP contribution in [0.2, 0.25) is 0 Å². The molecule has 5 nitrogen and oxygen atoms in total. The molecule has 1 heterocycles. The van der Waals surface area contributed by atoms with Crippen LogP contribution in [0.4, 0.5) is 5.69 Å². The molecule has 0 atom stereocenters. The summed E-state index contributed by atoms with van der Waals surface area (Å²) in [5.41, 5.74) is 3.38. The minimum Gasteiger partial charge on any atom is -0.309 e. The summed E-state index contributed by atoms with van der Waals surface area (Å²) in [6, 6.07) is 12.4. The van der Waals surface area contributed by atoms with Crippen LogP contribution >= 0.6 is 0 Å². The summed E-state index contributed by atoms with van der Waals surface area (Å²) in [7, 11) is -3.54. The van der Waals surface area contributed by atoms with Crippen LogP contribution in [0.25, 0.3) is 0 Å². The first-order valence-electron chi connectivity index (χ1n) is 9.33. The van der Waals surface area contributed by atoms with Crippen molar-refractivity contribution >= 4 is 21.6 Å². The number of rotatable bonds is 5. The average molecular weight is 387 g/mol. The van der Waals surface area contributed by atoms with Gasteiger partial charge in [-0.3, -0.25) is 4.79 Å². The number of carbonyl (C=O) groups is 1. The molecule has 1 aliphatic heterocycles. The molecule has 0 radical (unpaired) electrons. The number of benzene rings is 2. The van der Waals surface area contributed by atoms with Crippen LogP contribution in [0.1, 0.15) is 41.3 Å². The number of nitrogens with zero attached hydrogens (tertiary/aromatic N) is 2. The predicted molar refractivity (Wildman–Crippen MR) is 108 cm³/mol. The number of hydrogen-bond donors (Lipinski definition) is 0. The molecule has 0 aromatic heterocycles. The van der Waals surface area contributed by atoms with Gasteiger partial charge in [-0.25, -0.2) is 8.42 Å². The maximum absolute atomic E-state index is 13.1. The van der Waals surface area contributed by atoms with Crippen LogP contribution < -0.4 is 4.90 Å². The first-order valence-corrected chi connectivity index (χ1v) is 10.8. The van der Waals surface area contributed by atoms with E-state index in [4.69, 9.17) is 0 Å². The zero-order chi connectivity index (χ0) is 19.6. The van der Waals surface area contributed by atoms with E-state index in [0.29, 0.717) is 25.2 Å². The molecule has 1 saturated heterocycles. The summed E-state index contributed by atoms with van der Waals surface area (Å²) in [6.45, 7) is 7.51. The van der Waals surface area contributed by atoms with Gasteiger partial charge >= 0.3 is 0 Å². The SMILES string of the molecule is CCN(C(=O)c1cccc(S(=O)(=O)N2CCCC2)c1)c1cc(C)cc(C)c1. The lowest BCUT2D eigenvalue weighted by Crippen LogP contribution is -2.31.